The van der Waals surface area contributed by atoms with Gasteiger partial charge in [0.25, 0.3) is 0 Å². The Morgan fingerprint density at radius 2 is 2.00 bits per heavy atom. The van der Waals surface area contributed by atoms with Gasteiger partial charge in [0.2, 0.25) is 5.05 Å². The molecular weight excluding hydrogens is 348 g/mol. The number of pyridine rings is 1. The van der Waals surface area contributed by atoms with Gasteiger partial charge >= 0.3 is 0 Å². The van der Waals surface area contributed by atoms with Crippen molar-refractivity contribution in [2.45, 2.75) is 44.1 Å². The van der Waals surface area contributed by atoms with Gasteiger partial charge in [0.05, 0.1) is 12.1 Å². The van der Waals surface area contributed by atoms with Gasteiger partial charge in [-0.3, -0.25) is 0 Å². The first kappa shape index (κ1) is 18.1. The van der Waals surface area contributed by atoms with E-state index in [9.17, 15) is 0 Å². The summed E-state index contributed by atoms with van der Waals surface area (Å²) in [5.74, 6) is 1.10. The van der Waals surface area contributed by atoms with E-state index in [4.69, 9.17) is 17.1 Å². The third-order valence-electron chi connectivity index (χ3n) is 4.03. The summed E-state index contributed by atoms with van der Waals surface area (Å²) in [6, 6.07) is 13.0. The first-order valence-electron chi connectivity index (χ1n) is 8.69. The van der Waals surface area contributed by atoms with Gasteiger partial charge in [-0.25, -0.2) is 4.98 Å². The monoisotopic (exact) mass is 370 g/mol. The molecule has 0 unspecified atom stereocenters. The third kappa shape index (κ3) is 5.13. The average molecular weight is 371 g/mol. The van der Waals surface area contributed by atoms with Crippen molar-refractivity contribution in [3.05, 3.63) is 48.2 Å². The van der Waals surface area contributed by atoms with E-state index in [1.165, 1.54) is 16.7 Å². The van der Waals surface area contributed by atoms with Gasteiger partial charge < -0.3 is 4.84 Å². The summed E-state index contributed by atoms with van der Waals surface area (Å²) in [5, 5.41) is 5.71. The zero-order chi connectivity index (χ0) is 17.5. The normalized spacial score (nSPS) is 13.6. The predicted octanol–water partition coefficient (Wildman–Crippen LogP) is 5.68. The molecule has 0 fully saturated rings. The van der Waals surface area contributed by atoms with Crippen LogP contribution >= 0.6 is 24.0 Å². The lowest BCUT2D eigenvalue weighted by atomic mass is 10.0. The van der Waals surface area contributed by atoms with Crippen LogP contribution in [0.3, 0.4) is 0 Å². The van der Waals surface area contributed by atoms with Crippen molar-refractivity contribution in [3.8, 4) is 11.1 Å². The number of aryl methyl sites for hydroxylation is 1. The van der Waals surface area contributed by atoms with Gasteiger partial charge in [0.15, 0.2) is 0 Å². The highest BCUT2D eigenvalue weighted by Gasteiger charge is 2.13. The van der Waals surface area contributed by atoms with Crippen molar-refractivity contribution in [2.24, 2.45) is 5.16 Å². The Balaban J connectivity index is 1.59. The van der Waals surface area contributed by atoms with Crippen LogP contribution in [0.2, 0.25) is 0 Å². The number of nitrogens with zero attached hydrogens (tertiary/aromatic N) is 2. The molecule has 3 rings (SSSR count). The summed E-state index contributed by atoms with van der Waals surface area (Å²) < 4.78 is 0. The summed E-state index contributed by atoms with van der Waals surface area (Å²) in [5.41, 5.74) is 4.86. The molecule has 0 spiro atoms. The van der Waals surface area contributed by atoms with E-state index >= 15 is 0 Å². The zero-order valence-corrected chi connectivity index (χ0v) is 16.0. The number of hydrogen-bond acceptors (Lipinski definition) is 5. The van der Waals surface area contributed by atoms with Crippen LogP contribution < -0.4 is 0 Å². The van der Waals surface area contributed by atoms with Crippen LogP contribution in [-0.2, 0) is 11.3 Å². The summed E-state index contributed by atoms with van der Waals surface area (Å²) in [6.45, 7) is 2.20. The number of thiocarbonyl (C=S) groups is 1. The highest BCUT2D eigenvalue weighted by molar-refractivity contribution is 7.99. The minimum absolute atomic E-state index is 0.590. The molecule has 0 saturated heterocycles. The SMILES string of the molecule is CCCSc1ncccc1-c1ccc(CCCC2=NOC(=S)C2)cc1. The van der Waals surface area contributed by atoms with Crippen molar-refractivity contribution in [3.63, 3.8) is 0 Å². The minimum Gasteiger partial charge on any atom is -0.349 e. The molecule has 0 radical (unpaired) electrons. The van der Waals surface area contributed by atoms with E-state index in [1.54, 1.807) is 0 Å². The second-order valence-electron chi connectivity index (χ2n) is 6.05. The molecule has 0 N–H and O–H groups in total. The molecule has 0 bridgehead atoms. The van der Waals surface area contributed by atoms with E-state index in [-0.39, 0.29) is 0 Å². The van der Waals surface area contributed by atoms with Gasteiger partial charge in [0, 0.05) is 11.8 Å². The lowest BCUT2D eigenvalue weighted by molar-refractivity contribution is 0.347. The van der Waals surface area contributed by atoms with E-state index in [0.717, 1.165) is 42.2 Å². The highest BCUT2D eigenvalue weighted by Crippen LogP contribution is 2.30. The summed E-state index contributed by atoms with van der Waals surface area (Å²) >= 11 is 6.82. The summed E-state index contributed by atoms with van der Waals surface area (Å²) in [7, 11) is 0. The molecule has 2 aromatic rings. The van der Waals surface area contributed by atoms with Crippen LogP contribution in [0.1, 0.15) is 38.2 Å². The molecule has 130 valence electrons. The van der Waals surface area contributed by atoms with E-state index in [2.05, 4.69) is 47.4 Å². The van der Waals surface area contributed by atoms with Crippen molar-refractivity contribution in [1.29, 1.82) is 0 Å². The van der Waals surface area contributed by atoms with Gasteiger partial charge in [-0.15, -0.1) is 11.8 Å². The molecule has 1 aliphatic heterocycles. The maximum atomic E-state index is 4.99. The average Bonchev–Trinajstić information content (AvgIpc) is 3.06. The molecule has 5 heteroatoms. The number of aromatic nitrogens is 1. The smallest absolute Gasteiger partial charge is 0.203 e. The molecule has 3 nitrogen and oxygen atoms in total. The van der Waals surface area contributed by atoms with Crippen LogP contribution in [0.25, 0.3) is 11.1 Å². The Labute approximate surface area is 158 Å². The first-order valence-corrected chi connectivity index (χ1v) is 10.1. The maximum absolute atomic E-state index is 4.99. The van der Waals surface area contributed by atoms with Crippen molar-refractivity contribution in [2.75, 3.05) is 5.75 Å². The van der Waals surface area contributed by atoms with E-state index in [0.29, 0.717) is 11.5 Å². The fourth-order valence-corrected chi connectivity index (χ4v) is 3.83. The minimum atomic E-state index is 0.590. The van der Waals surface area contributed by atoms with Crippen LogP contribution in [0.4, 0.5) is 0 Å². The van der Waals surface area contributed by atoms with Crippen LogP contribution in [0.15, 0.2) is 52.8 Å². The van der Waals surface area contributed by atoms with Crippen molar-refractivity contribution < 1.29 is 4.84 Å². The lowest BCUT2D eigenvalue weighted by Gasteiger charge is -2.09. The largest absolute Gasteiger partial charge is 0.349 e. The molecule has 0 amide bonds. The molecule has 1 aromatic carbocycles. The van der Waals surface area contributed by atoms with Crippen molar-refractivity contribution in [1.82, 2.24) is 4.98 Å². The quantitative estimate of drug-likeness (QED) is 0.442. The Morgan fingerprint density at radius 1 is 1.16 bits per heavy atom. The third-order valence-corrected chi connectivity index (χ3v) is 5.46. The molecule has 0 atom stereocenters. The molecule has 1 aromatic heterocycles. The van der Waals surface area contributed by atoms with Gasteiger partial charge in [-0.1, -0.05) is 42.4 Å². The standard InChI is InChI=1S/C20H22N2OS2/c1-2-13-25-20-18(7-4-12-21-20)16-10-8-15(9-11-16)5-3-6-17-14-19(24)23-22-17/h4,7-12H,2-3,5-6,13-14H2,1H3. The summed E-state index contributed by atoms with van der Waals surface area (Å²) in [4.78, 5) is 9.53. The Bertz CT molecular complexity index is 757. The molecule has 25 heavy (non-hydrogen) atoms. The Morgan fingerprint density at radius 3 is 2.72 bits per heavy atom. The Hall–Kier alpha value is -1.72. The molecule has 0 saturated carbocycles. The van der Waals surface area contributed by atoms with Crippen LogP contribution in [0, 0.1) is 0 Å². The fourth-order valence-electron chi connectivity index (χ4n) is 2.75. The van der Waals surface area contributed by atoms with Crippen LogP contribution in [0.5, 0.6) is 0 Å². The van der Waals surface area contributed by atoms with Crippen molar-refractivity contribution >= 4 is 34.7 Å². The zero-order valence-electron chi connectivity index (χ0n) is 14.4. The second-order valence-corrected chi connectivity index (χ2v) is 7.59. The highest BCUT2D eigenvalue weighted by atomic mass is 32.2. The molecule has 2 heterocycles. The predicted molar refractivity (Wildman–Crippen MR) is 109 cm³/mol. The number of thioether (sulfide) groups is 1. The molecule has 0 aliphatic carbocycles. The lowest BCUT2D eigenvalue weighted by Crippen LogP contribution is -1.98. The van der Waals surface area contributed by atoms with Gasteiger partial charge in [-0.05, 0) is 60.8 Å². The first-order chi connectivity index (χ1) is 12.3. The van der Waals surface area contributed by atoms with E-state index in [1.807, 2.05) is 24.0 Å². The summed E-state index contributed by atoms with van der Waals surface area (Å²) in [6.07, 6.45) is 6.79. The number of hydrogen-bond donors (Lipinski definition) is 0. The van der Waals surface area contributed by atoms with Crippen LogP contribution in [-0.4, -0.2) is 21.5 Å². The van der Waals surface area contributed by atoms with E-state index < -0.39 is 0 Å². The van der Waals surface area contributed by atoms with Gasteiger partial charge in [0.1, 0.15) is 5.03 Å². The fraction of sp³-hybridized carbons (Fsp3) is 0.350. The number of oxime groups is 1. The van der Waals surface area contributed by atoms with Gasteiger partial charge in [-0.2, -0.15) is 0 Å². The topological polar surface area (TPSA) is 34.5 Å². The Kier molecular flexibility index (Phi) is 6.59. The number of rotatable bonds is 8. The molecule has 1 aliphatic rings. The molecular formula is C20H22N2OS2. The maximum Gasteiger partial charge on any atom is 0.203 e. The number of benzene rings is 1. The second kappa shape index (κ2) is 9.11.